The molecule has 3 rings (SSSR count). The van der Waals surface area contributed by atoms with E-state index >= 15 is 0 Å². The Labute approximate surface area is 120 Å². The van der Waals surface area contributed by atoms with Gasteiger partial charge in [-0.15, -0.1) is 0 Å². The van der Waals surface area contributed by atoms with Gasteiger partial charge in [-0.3, -0.25) is 0 Å². The second-order valence-corrected chi connectivity index (χ2v) is 6.37. The van der Waals surface area contributed by atoms with E-state index in [4.69, 9.17) is 9.26 Å². The number of nitrogens with one attached hydrogen (secondary N) is 1. The van der Waals surface area contributed by atoms with Gasteiger partial charge >= 0.3 is 0 Å². The SMILES string of the molecule is CCOC1(c2noc(CC3CNC3)n2)CCCC(C)C1. The van der Waals surface area contributed by atoms with Gasteiger partial charge in [-0.2, -0.15) is 4.98 Å². The first-order valence-corrected chi connectivity index (χ1v) is 7.89. The maximum atomic E-state index is 6.09. The third kappa shape index (κ3) is 2.74. The predicted octanol–water partition coefficient (Wildman–Crippen LogP) is 2.27. The summed E-state index contributed by atoms with van der Waals surface area (Å²) in [6.07, 6.45) is 5.35. The molecule has 20 heavy (non-hydrogen) atoms. The third-order valence-corrected chi connectivity index (χ3v) is 4.58. The van der Waals surface area contributed by atoms with Crippen molar-refractivity contribution in [1.82, 2.24) is 15.5 Å². The predicted molar refractivity (Wildman–Crippen MR) is 75.3 cm³/mol. The summed E-state index contributed by atoms with van der Waals surface area (Å²) in [6.45, 7) is 7.15. The van der Waals surface area contributed by atoms with Crippen molar-refractivity contribution in [3.63, 3.8) is 0 Å². The van der Waals surface area contributed by atoms with Crippen LogP contribution < -0.4 is 5.32 Å². The third-order valence-electron chi connectivity index (χ3n) is 4.58. The van der Waals surface area contributed by atoms with Crippen molar-refractivity contribution < 1.29 is 9.26 Å². The Morgan fingerprint density at radius 1 is 1.45 bits per heavy atom. The van der Waals surface area contributed by atoms with Crippen LogP contribution in [0.15, 0.2) is 4.52 Å². The van der Waals surface area contributed by atoms with Gasteiger partial charge in [-0.25, -0.2) is 0 Å². The first kappa shape index (κ1) is 14.0. The Morgan fingerprint density at radius 2 is 2.30 bits per heavy atom. The molecule has 1 saturated carbocycles. The maximum Gasteiger partial charge on any atom is 0.227 e. The van der Waals surface area contributed by atoms with Gasteiger partial charge in [0.25, 0.3) is 0 Å². The summed E-state index contributed by atoms with van der Waals surface area (Å²) in [5.74, 6) is 2.85. The molecule has 5 nitrogen and oxygen atoms in total. The molecule has 1 aliphatic carbocycles. The van der Waals surface area contributed by atoms with Crippen LogP contribution in [-0.4, -0.2) is 29.8 Å². The second kappa shape index (κ2) is 5.82. The molecule has 5 heteroatoms. The van der Waals surface area contributed by atoms with E-state index in [0.29, 0.717) is 18.4 Å². The lowest BCUT2D eigenvalue weighted by Crippen LogP contribution is -2.43. The van der Waals surface area contributed by atoms with Gasteiger partial charge in [0.15, 0.2) is 0 Å². The maximum absolute atomic E-state index is 6.09. The van der Waals surface area contributed by atoms with Gasteiger partial charge in [-0.1, -0.05) is 18.5 Å². The smallest absolute Gasteiger partial charge is 0.227 e. The highest BCUT2D eigenvalue weighted by atomic mass is 16.5. The van der Waals surface area contributed by atoms with Gasteiger partial charge in [0, 0.05) is 13.0 Å². The molecule has 2 unspecified atom stereocenters. The molecular formula is C15H25N3O2. The lowest BCUT2D eigenvalue weighted by molar-refractivity contribution is -0.0891. The highest BCUT2D eigenvalue weighted by Crippen LogP contribution is 2.41. The minimum atomic E-state index is -0.313. The average molecular weight is 279 g/mol. The van der Waals surface area contributed by atoms with Crippen LogP contribution in [0.5, 0.6) is 0 Å². The molecule has 0 aromatic carbocycles. The lowest BCUT2D eigenvalue weighted by Gasteiger charge is -2.37. The second-order valence-electron chi connectivity index (χ2n) is 6.37. The van der Waals surface area contributed by atoms with Crippen LogP contribution in [0.4, 0.5) is 0 Å². The summed E-state index contributed by atoms with van der Waals surface area (Å²) in [5, 5.41) is 7.52. The standard InChI is InChI=1S/C15H25N3O2/c1-3-19-15(6-4-5-11(2)8-15)14-17-13(20-18-14)7-12-9-16-10-12/h11-12,16H,3-10H2,1-2H3. The Hall–Kier alpha value is -0.940. The molecule has 1 aromatic heterocycles. The zero-order valence-corrected chi connectivity index (χ0v) is 12.5. The van der Waals surface area contributed by atoms with Gasteiger partial charge < -0.3 is 14.6 Å². The molecule has 1 saturated heterocycles. The van der Waals surface area contributed by atoms with E-state index in [2.05, 4.69) is 22.4 Å². The minimum absolute atomic E-state index is 0.313. The number of hydrogen-bond donors (Lipinski definition) is 1. The van der Waals surface area contributed by atoms with Crippen LogP contribution in [0, 0.1) is 11.8 Å². The van der Waals surface area contributed by atoms with Gasteiger partial charge in [0.05, 0.1) is 0 Å². The molecule has 112 valence electrons. The fourth-order valence-corrected chi connectivity index (χ4v) is 3.44. The molecule has 2 fully saturated rings. The van der Waals surface area contributed by atoms with E-state index in [0.717, 1.165) is 44.1 Å². The van der Waals surface area contributed by atoms with Crippen LogP contribution in [-0.2, 0) is 16.8 Å². The zero-order valence-electron chi connectivity index (χ0n) is 12.5. The van der Waals surface area contributed by atoms with Crippen molar-refractivity contribution >= 4 is 0 Å². The van der Waals surface area contributed by atoms with Crippen molar-refractivity contribution in [1.29, 1.82) is 0 Å². The fraction of sp³-hybridized carbons (Fsp3) is 0.867. The summed E-state index contributed by atoms with van der Waals surface area (Å²) >= 11 is 0. The monoisotopic (exact) mass is 279 g/mol. The Balaban J connectivity index is 1.76. The molecular weight excluding hydrogens is 254 g/mol. The number of rotatable bonds is 5. The van der Waals surface area contributed by atoms with E-state index < -0.39 is 0 Å². The Morgan fingerprint density at radius 3 is 2.95 bits per heavy atom. The summed E-state index contributed by atoms with van der Waals surface area (Å²) in [4.78, 5) is 4.65. The number of ether oxygens (including phenoxy) is 1. The Bertz CT molecular complexity index is 440. The topological polar surface area (TPSA) is 60.2 Å². The van der Waals surface area contributed by atoms with Crippen LogP contribution in [0.1, 0.15) is 51.2 Å². The van der Waals surface area contributed by atoms with Gasteiger partial charge in [0.1, 0.15) is 5.60 Å². The summed E-state index contributed by atoms with van der Waals surface area (Å²) in [6, 6.07) is 0. The molecule has 0 spiro atoms. The lowest BCUT2D eigenvalue weighted by atomic mass is 9.78. The van der Waals surface area contributed by atoms with Crippen molar-refractivity contribution in [2.24, 2.45) is 11.8 Å². The minimum Gasteiger partial charge on any atom is -0.367 e. The van der Waals surface area contributed by atoms with E-state index in [1.54, 1.807) is 0 Å². The van der Waals surface area contributed by atoms with Crippen LogP contribution in [0.25, 0.3) is 0 Å². The van der Waals surface area contributed by atoms with Gasteiger partial charge in [0.2, 0.25) is 11.7 Å². The molecule has 2 aliphatic rings. The highest BCUT2D eigenvalue weighted by molar-refractivity contribution is 5.05. The fourth-order valence-electron chi connectivity index (χ4n) is 3.44. The molecule has 0 radical (unpaired) electrons. The summed E-state index contributed by atoms with van der Waals surface area (Å²) in [5.41, 5.74) is -0.313. The molecule has 1 aliphatic heterocycles. The molecule has 2 atom stereocenters. The van der Waals surface area contributed by atoms with Crippen LogP contribution in [0.3, 0.4) is 0 Å². The zero-order chi connectivity index (χ0) is 14.0. The first-order valence-electron chi connectivity index (χ1n) is 7.89. The summed E-state index contributed by atoms with van der Waals surface area (Å²) in [7, 11) is 0. The van der Waals surface area contributed by atoms with Crippen molar-refractivity contribution in [3.05, 3.63) is 11.7 Å². The van der Waals surface area contributed by atoms with E-state index in [1.165, 1.54) is 12.8 Å². The van der Waals surface area contributed by atoms with Crippen LogP contribution >= 0.6 is 0 Å². The Kier molecular flexibility index (Phi) is 4.08. The van der Waals surface area contributed by atoms with Crippen molar-refractivity contribution in [3.8, 4) is 0 Å². The quantitative estimate of drug-likeness (QED) is 0.896. The van der Waals surface area contributed by atoms with Crippen molar-refractivity contribution in [2.75, 3.05) is 19.7 Å². The number of aromatic nitrogens is 2. The van der Waals surface area contributed by atoms with E-state index in [9.17, 15) is 0 Å². The number of hydrogen-bond acceptors (Lipinski definition) is 5. The van der Waals surface area contributed by atoms with E-state index in [-0.39, 0.29) is 5.60 Å². The molecule has 0 amide bonds. The number of nitrogens with zero attached hydrogens (tertiary/aromatic N) is 2. The highest BCUT2D eigenvalue weighted by Gasteiger charge is 2.41. The average Bonchev–Trinajstić information content (AvgIpc) is 2.83. The largest absolute Gasteiger partial charge is 0.367 e. The summed E-state index contributed by atoms with van der Waals surface area (Å²) < 4.78 is 11.6. The van der Waals surface area contributed by atoms with Crippen LogP contribution in [0.2, 0.25) is 0 Å². The molecule has 1 aromatic rings. The molecule has 2 heterocycles. The van der Waals surface area contributed by atoms with Gasteiger partial charge in [-0.05, 0) is 51.1 Å². The van der Waals surface area contributed by atoms with E-state index in [1.807, 2.05) is 6.92 Å². The molecule has 1 N–H and O–H groups in total. The first-order chi connectivity index (χ1) is 9.72. The molecule has 0 bridgehead atoms. The normalized spacial score (nSPS) is 31.2. The van der Waals surface area contributed by atoms with Crippen molar-refractivity contribution in [2.45, 2.75) is 51.6 Å².